The van der Waals surface area contributed by atoms with Crippen LogP contribution in [-0.2, 0) is 10.0 Å². The maximum absolute atomic E-state index is 12.7. The van der Waals surface area contributed by atoms with Gasteiger partial charge in [0.05, 0.1) is 6.54 Å². The van der Waals surface area contributed by atoms with Crippen LogP contribution in [0, 0.1) is 13.8 Å². The second-order valence-corrected chi connectivity index (χ2v) is 7.10. The molecule has 1 aliphatic rings. The van der Waals surface area contributed by atoms with Crippen LogP contribution >= 0.6 is 0 Å². The zero-order valence-electron chi connectivity index (χ0n) is 12.4. The Hall–Kier alpha value is -1.93. The minimum absolute atomic E-state index is 0.164. The average molecular weight is 323 g/mol. The van der Waals surface area contributed by atoms with Crippen LogP contribution in [0.1, 0.15) is 17.9 Å². The number of ether oxygens (including phenoxy) is 1. The molecule has 7 nitrogen and oxygen atoms in total. The molecule has 0 spiro atoms. The van der Waals surface area contributed by atoms with Crippen molar-refractivity contribution >= 4 is 10.0 Å². The minimum Gasteiger partial charge on any atom is -0.489 e. The Morgan fingerprint density at radius 1 is 1.32 bits per heavy atom. The van der Waals surface area contributed by atoms with Gasteiger partial charge in [0.25, 0.3) is 0 Å². The summed E-state index contributed by atoms with van der Waals surface area (Å²) in [5.41, 5.74) is 0.385. The average Bonchev–Trinajstić information content (AvgIpc) is 3.08. The summed E-state index contributed by atoms with van der Waals surface area (Å²) in [6, 6.07) is 3.51. The lowest BCUT2D eigenvalue weighted by Gasteiger charge is -2.17. The molecule has 8 heteroatoms. The van der Waals surface area contributed by atoms with Gasteiger partial charge in [-0.25, -0.2) is 8.42 Å². The van der Waals surface area contributed by atoms with E-state index < -0.39 is 10.0 Å². The fourth-order valence-corrected chi connectivity index (χ4v) is 4.37. The van der Waals surface area contributed by atoms with Crippen LogP contribution in [0.4, 0.5) is 0 Å². The van der Waals surface area contributed by atoms with E-state index in [1.54, 1.807) is 38.4 Å². The summed E-state index contributed by atoms with van der Waals surface area (Å²) in [6.45, 7) is 3.97. The van der Waals surface area contributed by atoms with Crippen molar-refractivity contribution in [2.24, 2.45) is 0 Å². The molecule has 1 saturated heterocycles. The molecule has 1 atom stereocenters. The molecule has 0 saturated carbocycles. The molecule has 118 valence electrons. The number of rotatable bonds is 4. The molecule has 22 heavy (non-hydrogen) atoms. The first-order chi connectivity index (χ1) is 10.5. The molecule has 1 unspecified atom stereocenters. The first-order valence-electron chi connectivity index (χ1n) is 6.98. The minimum atomic E-state index is -3.60. The molecule has 3 heterocycles. The normalized spacial score (nSPS) is 19.5. The monoisotopic (exact) mass is 323 g/mol. The Morgan fingerprint density at radius 3 is 2.68 bits per heavy atom. The number of hydrogen-bond acceptors (Lipinski definition) is 6. The number of hydrogen-bond donors (Lipinski definition) is 0. The highest BCUT2D eigenvalue weighted by Crippen LogP contribution is 2.27. The van der Waals surface area contributed by atoms with E-state index >= 15 is 0 Å². The van der Waals surface area contributed by atoms with Gasteiger partial charge in [0.15, 0.2) is 5.76 Å². The van der Waals surface area contributed by atoms with E-state index in [2.05, 4.69) is 10.1 Å². The van der Waals surface area contributed by atoms with Gasteiger partial charge in [0, 0.05) is 18.9 Å². The third kappa shape index (κ3) is 2.71. The topological polar surface area (TPSA) is 85.5 Å². The lowest BCUT2D eigenvalue weighted by atomic mass is 10.3. The highest BCUT2D eigenvalue weighted by Gasteiger charge is 2.37. The Morgan fingerprint density at radius 2 is 2.05 bits per heavy atom. The molecule has 1 fully saturated rings. The van der Waals surface area contributed by atoms with Gasteiger partial charge in [-0.05, 0) is 32.4 Å². The van der Waals surface area contributed by atoms with Crippen LogP contribution in [-0.4, -0.2) is 42.1 Å². The lowest BCUT2D eigenvalue weighted by molar-refractivity contribution is 0.215. The molecule has 1 aliphatic heterocycles. The van der Waals surface area contributed by atoms with Crippen molar-refractivity contribution in [2.45, 2.75) is 31.3 Å². The first kappa shape index (κ1) is 15.0. The van der Waals surface area contributed by atoms with Crippen molar-refractivity contribution in [1.29, 1.82) is 0 Å². The van der Waals surface area contributed by atoms with E-state index in [0.29, 0.717) is 36.7 Å². The molecular weight excluding hydrogens is 306 g/mol. The molecule has 0 bridgehead atoms. The van der Waals surface area contributed by atoms with Crippen LogP contribution in [0.3, 0.4) is 0 Å². The summed E-state index contributed by atoms with van der Waals surface area (Å²) < 4.78 is 37.6. The Labute approximate surface area is 128 Å². The zero-order valence-corrected chi connectivity index (χ0v) is 13.2. The van der Waals surface area contributed by atoms with Crippen LogP contribution in [0.25, 0.3) is 0 Å². The molecule has 2 aromatic heterocycles. The third-order valence-electron chi connectivity index (χ3n) is 3.63. The van der Waals surface area contributed by atoms with E-state index in [9.17, 15) is 8.42 Å². The first-order valence-corrected chi connectivity index (χ1v) is 8.42. The maximum atomic E-state index is 12.7. The smallest absolute Gasteiger partial charge is 0.248 e. The maximum Gasteiger partial charge on any atom is 0.248 e. The fourth-order valence-electron chi connectivity index (χ4n) is 2.59. The predicted molar refractivity (Wildman–Crippen MR) is 78.0 cm³/mol. The summed E-state index contributed by atoms with van der Waals surface area (Å²) in [5.74, 6) is 1.01. The summed E-state index contributed by atoms with van der Waals surface area (Å²) in [7, 11) is -3.60. The predicted octanol–water partition coefficient (Wildman–Crippen LogP) is 1.53. The van der Waals surface area contributed by atoms with Gasteiger partial charge in [0.1, 0.15) is 22.4 Å². The third-order valence-corrected chi connectivity index (χ3v) is 5.74. The standard InChI is InChI=1S/C14H17N3O4S/c1-10-14(11(2)21-16-10)22(18,19)17-8-5-13(9-17)20-12-3-6-15-7-4-12/h3-4,6-7,13H,5,8-9H2,1-2H3. The van der Waals surface area contributed by atoms with Gasteiger partial charge in [0.2, 0.25) is 10.0 Å². The van der Waals surface area contributed by atoms with Crippen LogP contribution < -0.4 is 4.74 Å². The number of aromatic nitrogens is 2. The largest absolute Gasteiger partial charge is 0.489 e. The number of nitrogens with zero attached hydrogens (tertiary/aromatic N) is 3. The van der Waals surface area contributed by atoms with Crippen LogP contribution in [0.5, 0.6) is 5.75 Å². The van der Waals surface area contributed by atoms with Gasteiger partial charge >= 0.3 is 0 Å². The van der Waals surface area contributed by atoms with Crippen molar-refractivity contribution in [3.63, 3.8) is 0 Å². The summed E-state index contributed by atoms with van der Waals surface area (Å²) in [6.07, 6.45) is 3.76. The molecule has 0 amide bonds. The SMILES string of the molecule is Cc1noc(C)c1S(=O)(=O)N1CCC(Oc2ccncc2)C1. The van der Waals surface area contributed by atoms with Gasteiger partial charge in [-0.2, -0.15) is 4.31 Å². The summed E-state index contributed by atoms with van der Waals surface area (Å²) in [5, 5.41) is 3.72. The lowest BCUT2D eigenvalue weighted by Crippen LogP contribution is -2.31. The van der Waals surface area contributed by atoms with Crippen molar-refractivity contribution in [3.8, 4) is 5.75 Å². The fraction of sp³-hybridized carbons (Fsp3) is 0.429. The van der Waals surface area contributed by atoms with Crippen LogP contribution in [0.15, 0.2) is 33.9 Å². The number of aryl methyl sites for hydroxylation is 2. The van der Waals surface area contributed by atoms with E-state index in [1.165, 1.54) is 4.31 Å². The van der Waals surface area contributed by atoms with Gasteiger partial charge in [-0.1, -0.05) is 5.16 Å². The molecule has 0 aromatic carbocycles. The van der Waals surface area contributed by atoms with Crippen molar-refractivity contribution in [2.75, 3.05) is 13.1 Å². The van der Waals surface area contributed by atoms with E-state index in [-0.39, 0.29) is 11.0 Å². The van der Waals surface area contributed by atoms with Crippen molar-refractivity contribution < 1.29 is 17.7 Å². The van der Waals surface area contributed by atoms with E-state index in [0.717, 1.165) is 0 Å². The Bertz CT molecular complexity index is 738. The van der Waals surface area contributed by atoms with Gasteiger partial charge < -0.3 is 9.26 Å². The highest BCUT2D eigenvalue weighted by atomic mass is 32.2. The molecule has 0 N–H and O–H groups in total. The quantitative estimate of drug-likeness (QED) is 0.848. The van der Waals surface area contributed by atoms with Crippen molar-refractivity contribution in [3.05, 3.63) is 36.0 Å². The second-order valence-electron chi connectivity index (χ2n) is 5.23. The number of pyridine rings is 1. The molecule has 2 aromatic rings. The zero-order chi connectivity index (χ0) is 15.7. The summed E-state index contributed by atoms with van der Waals surface area (Å²) >= 11 is 0. The molecular formula is C14H17N3O4S. The molecule has 3 rings (SSSR count). The van der Waals surface area contributed by atoms with Gasteiger partial charge in [-0.3, -0.25) is 4.98 Å². The number of sulfonamides is 1. The van der Waals surface area contributed by atoms with Crippen molar-refractivity contribution in [1.82, 2.24) is 14.4 Å². The second kappa shape index (κ2) is 5.69. The van der Waals surface area contributed by atoms with Crippen LogP contribution in [0.2, 0.25) is 0 Å². The summed E-state index contributed by atoms with van der Waals surface area (Å²) in [4.78, 5) is 4.09. The highest BCUT2D eigenvalue weighted by molar-refractivity contribution is 7.89. The Kier molecular flexibility index (Phi) is 3.88. The Balaban J connectivity index is 1.75. The van der Waals surface area contributed by atoms with Gasteiger partial charge in [-0.15, -0.1) is 0 Å². The van der Waals surface area contributed by atoms with E-state index in [1.807, 2.05) is 0 Å². The molecule has 0 aliphatic carbocycles. The molecule has 0 radical (unpaired) electrons. The van der Waals surface area contributed by atoms with E-state index in [4.69, 9.17) is 9.26 Å².